The SMILES string of the molecule is Cc1[c-]c(C)cc(-n2c3ccccc3c3ccccc32)c1.[Br-].[Mg+2]. The van der Waals surface area contributed by atoms with Crippen LogP contribution in [0, 0.1) is 19.9 Å². The van der Waals surface area contributed by atoms with Crippen molar-refractivity contribution in [2.24, 2.45) is 0 Å². The zero-order chi connectivity index (χ0) is 14.4. The molecule has 1 nitrogen and oxygen atoms in total. The fourth-order valence-corrected chi connectivity index (χ4v) is 3.20. The topological polar surface area (TPSA) is 4.93 Å². The molecule has 0 atom stereocenters. The number of para-hydroxylation sites is 2. The van der Waals surface area contributed by atoms with Gasteiger partial charge in [0, 0.05) is 10.8 Å². The normalized spacial score (nSPS) is 10.3. The zero-order valence-electron chi connectivity index (χ0n) is 13.3. The quantitative estimate of drug-likeness (QED) is 0.354. The maximum Gasteiger partial charge on any atom is 2.00 e. The van der Waals surface area contributed by atoms with Crippen LogP contribution in [0.15, 0.2) is 60.7 Å². The Hall–Kier alpha value is -1.29. The third-order valence-electron chi connectivity index (χ3n) is 3.96. The van der Waals surface area contributed by atoms with Gasteiger partial charge < -0.3 is 21.5 Å². The second kappa shape index (κ2) is 7.08. The standard InChI is InChI=1S/C20H16N.BrH.Mg/c1-14-11-15(2)13-16(12-14)21-19-9-5-3-7-17(19)18-8-4-6-10-20(18)21;;/h3-10,12-13H,1-2H3;1H;/q-1;;+2/p-1. The molecule has 0 fully saturated rings. The van der Waals surface area contributed by atoms with Gasteiger partial charge in [0.25, 0.3) is 0 Å². The van der Waals surface area contributed by atoms with Gasteiger partial charge in [-0.3, -0.25) is 0 Å². The second-order valence-electron chi connectivity index (χ2n) is 5.57. The Labute approximate surface area is 163 Å². The molecule has 23 heavy (non-hydrogen) atoms. The van der Waals surface area contributed by atoms with Crippen molar-refractivity contribution in [1.29, 1.82) is 0 Å². The molecule has 0 aliphatic rings. The Morgan fingerprint density at radius 3 is 1.65 bits per heavy atom. The molecule has 3 heteroatoms. The van der Waals surface area contributed by atoms with E-state index in [1.54, 1.807) is 0 Å². The van der Waals surface area contributed by atoms with Crippen LogP contribution in [0.4, 0.5) is 0 Å². The molecule has 0 radical (unpaired) electrons. The van der Waals surface area contributed by atoms with Crippen molar-refractivity contribution >= 4 is 44.9 Å². The summed E-state index contributed by atoms with van der Waals surface area (Å²) in [7, 11) is 0. The zero-order valence-corrected chi connectivity index (χ0v) is 16.3. The Kier molecular flexibility index (Phi) is 5.55. The van der Waals surface area contributed by atoms with Gasteiger partial charge in [0.05, 0.1) is 11.0 Å². The second-order valence-corrected chi connectivity index (χ2v) is 5.57. The minimum absolute atomic E-state index is 0. The van der Waals surface area contributed by atoms with E-state index in [0.29, 0.717) is 0 Å². The van der Waals surface area contributed by atoms with E-state index in [4.69, 9.17) is 0 Å². The largest absolute Gasteiger partial charge is 2.00 e. The number of halogens is 1. The Morgan fingerprint density at radius 1 is 0.739 bits per heavy atom. The van der Waals surface area contributed by atoms with Gasteiger partial charge >= 0.3 is 23.1 Å². The van der Waals surface area contributed by atoms with E-state index >= 15 is 0 Å². The number of fused-ring (bicyclic) bond motifs is 3. The van der Waals surface area contributed by atoms with Crippen molar-refractivity contribution in [1.82, 2.24) is 4.57 Å². The molecule has 110 valence electrons. The summed E-state index contributed by atoms with van der Waals surface area (Å²) in [5.74, 6) is 0. The molecule has 0 amide bonds. The first kappa shape index (κ1) is 18.1. The van der Waals surface area contributed by atoms with Gasteiger partial charge in [0.1, 0.15) is 0 Å². The molecular weight excluding hydrogens is 358 g/mol. The molecular formula is C20H16BrMgN. The van der Waals surface area contributed by atoms with Crippen LogP contribution in [0.1, 0.15) is 11.1 Å². The van der Waals surface area contributed by atoms with E-state index in [-0.39, 0.29) is 40.0 Å². The van der Waals surface area contributed by atoms with E-state index < -0.39 is 0 Å². The minimum Gasteiger partial charge on any atom is -1.00 e. The summed E-state index contributed by atoms with van der Waals surface area (Å²) in [6.07, 6.45) is 0. The van der Waals surface area contributed by atoms with E-state index in [1.165, 1.54) is 38.6 Å². The summed E-state index contributed by atoms with van der Waals surface area (Å²) >= 11 is 0. The number of aromatic nitrogens is 1. The Balaban J connectivity index is 0.000000960. The molecule has 0 aliphatic carbocycles. The summed E-state index contributed by atoms with van der Waals surface area (Å²) in [4.78, 5) is 0. The van der Waals surface area contributed by atoms with Crippen LogP contribution in [-0.4, -0.2) is 27.6 Å². The summed E-state index contributed by atoms with van der Waals surface area (Å²) in [6.45, 7) is 4.20. The molecule has 1 heterocycles. The molecule has 0 bridgehead atoms. The summed E-state index contributed by atoms with van der Waals surface area (Å²) in [5, 5.41) is 2.60. The van der Waals surface area contributed by atoms with Crippen LogP contribution in [0.25, 0.3) is 27.5 Å². The number of aryl methyl sites for hydroxylation is 2. The number of nitrogens with zero attached hydrogens (tertiary/aromatic N) is 1. The average molecular weight is 375 g/mol. The molecule has 0 unspecified atom stereocenters. The predicted octanol–water partition coefficient (Wildman–Crippen LogP) is 1.82. The molecule has 0 saturated heterocycles. The minimum atomic E-state index is 0. The maximum absolute atomic E-state index is 3.36. The number of benzene rings is 3. The molecule has 4 aromatic rings. The van der Waals surface area contributed by atoms with Gasteiger partial charge in [-0.25, -0.2) is 0 Å². The summed E-state index contributed by atoms with van der Waals surface area (Å²) in [6, 6.07) is 25.0. The smallest absolute Gasteiger partial charge is 1.00 e. The van der Waals surface area contributed by atoms with Crippen molar-refractivity contribution in [3.63, 3.8) is 0 Å². The fraction of sp³-hybridized carbons (Fsp3) is 0.100. The Morgan fingerprint density at radius 2 is 1.17 bits per heavy atom. The van der Waals surface area contributed by atoms with Gasteiger partial charge in [-0.15, -0.1) is 12.1 Å². The van der Waals surface area contributed by atoms with Crippen LogP contribution in [0.2, 0.25) is 0 Å². The number of rotatable bonds is 1. The summed E-state index contributed by atoms with van der Waals surface area (Å²) in [5.41, 5.74) is 6.06. The molecule has 1 aromatic heterocycles. The van der Waals surface area contributed by atoms with Crippen LogP contribution in [0.3, 0.4) is 0 Å². The predicted molar refractivity (Wildman–Crippen MR) is 94.8 cm³/mol. The van der Waals surface area contributed by atoms with Gasteiger partial charge in [0.15, 0.2) is 0 Å². The average Bonchev–Trinajstić information content (AvgIpc) is 2.81. The van der Waals surface area contributed by atoms with Gasteiger partial charge in [-0.1, -0.05) is 55.9 Å². The molecule has 4 rings (SSSR count). The fourth-order valence-electron chi connectivity index (χ4n) is 3.20. The third-order valence-corrected chi connectivity index (χ3v) is 3.96. The summed E-state index contributed by atoms with van der Waals surface area (Å²) < 4.78 is 2.35. The van der Waals surface area contributed by atoms with Crippen molar-refractivity contribution in [3.05, 3.63) is 77.9 Å². The van der Waals surface area contributed by atoms with Gasteiger partial charge in [-0.2, -0.15) is 17.2 Å². The third kappa shape index (κ3) is 3.05. The van der Waals surface area contributed by atoms with Gasteiger partial charge in [-0.05, 0) is 12.1 Å². The van der Waals surface area contributed by atoms with Crippen LogP contribution in [0.5, 0.6) is 0 Å². The first-order valence-electron chi connectivity index (χ1n) is 7.23. The van der Waals surface area contributed by atoms with Crippen molar-refractivity contribution < 1.29 is 17.0 Å². The monoisotopic (exact) mass is 373 g/mol. The van der Waals surface area contributed by atoms with Gasteiger partial charge in [0.2, 0.25) is 0 Å². The molecule has 0 aliphatic heterocycles. The molecule has 0 saturated carbocycles. The van der Waals surface area contributed by atoms with Crippen molar-refractivity contribution in [2.75, 3.05) is 0 Å². The van der Waals surface area contributed by atoms with Crippen LogP contribution in [-0.2, 0) is 0 Å². The van der Waals surface area contributed by atoms with Crippen LogP contribution < -0.4 is 17.0 Å². The first-order valence-corrected chi connectivity index (χ1v) is 7.23. The number of hydrogen-bond acceptors (Lipinski definition) is 0. The maximum atomic E-state index is 3.36. The van der Waals surface area contributed by atoms with E-state index in [2.05, 4.69) is 85.1 Å². The Bertz CT molecular complexity index is 898. The first-order chi connectivity index (χ1) is 10.2. The van der Waals surface area contributed by atoms with E-state index in [1.807, 2.05) is 0 Å². The molecule has 0 spiro atoms. The van der Waals surface area contributed by atoms with Crippen molar-refractivity contribution in [2.45, 2.75) is 13.8 Å². The van der Waals surface area contributed by atoms with E-state index in [9.17, 15) is 0 Å². The van der Waals surface area contributed by atoms with Crippen molar-refractivity contribution in [3.8, 4) is 5.69 Å². The molecule has 0 N–H and O–H groups in total. The van der Waals surface area contributed by atoms with E-state index in [0.717, 1.165) is 0 Å². The molecule has 3 aromatic carbocycles. The van der Waals surface area contributed by atoms with Crippen LogP contribution >= 0.6 is 0 Å². The number of hydrogen-bond donors (Lipinski definition) is 0.